The molecular formula is C6H10N2S. The SMILES string of the molecule is CC(C)c1c[nH]c(=S)[nH]1. The highest BCUT2D eigenvalue weighted by Crippen LogP contribution is 2.08. The molecule has 0 atom stereocenters. The first kappa shape index (κ1) is 6.55. The van der Waals surface area contributed by atoms with Crippen molar-refractivity contribution in [2.45, 2.75) is 19.8 Å². The Bertz CT molecular complexity index is 233. The van der Waals surface area contributed by atoms with E-state index >= 15 is 0 Å². The van der Waals surface area contributed by atoms with Crippen LogP contribution in [0.1, 0.15) is 25.5 Å². The van der Waals surface area contributed by atoms with E-state index in [0.717, 1.165) is 0 Å². The van der Waals surface area contributed by atoms with Crippen LogP contribution in [-0.4, -0.2) is 9.97 Å². The Kier molecular flexibility index (Phi) is 1.71. The minimum Gasteiger partial charge on any atom is -0.337 e. The predicted octanol–water partition coefficient (Wildman–Crippen LogP) is 2.20. The van der Waals surface area contributed by atoms with Crippen LogP contribution in [0.25, 0.3) is 0 Å². The van der Waals surface area contributed by atoms with Gasteiger partial charge in [0.2, 0.25) is 0 Å². The maximum atomic E-state index is 4.84. The van der Waals surface area contributed by atoms with Gasteiger partial charge in [-0.15, -0.1) is 0 Å². The van der Waals surface area contributed by atoms with E-state index in [1.807, 2.05) is 6.20 Å². The predicted molar refractivity (Wildman–Crippen MR) is 40.1 cm³/mol. The van der Waals surface area contributed by atoms with Crippen molar-refractivity contribution in [2.24, 2.45) is 0 Å². The van der Waals surface area contributed by atoms with Gasteiger partial charge in [-0.3, -0.25) is 0 Å². The van der Waals surface area contributed by atoms with E-state index < -0.39 is 0 Å². The lowest BCUT2D eigenvalue weighted by atomic mass is 10.2. The van der Waals surface area contributed by atoms with E-state index in [1.54, 1.807) is 0 Å². The summed E-state index contributed by atoms with van der Waals surface area (Å²) in [5.74, 6) is 0.526. The number of aromatic amines is 2. The van der Waals surface area contributed by atoms with Crippen LogP contribution >= 0.6 is 12.2 Å². The fraction of sp³-hybridized carbons (Fsp3) is 0.500. The molecule has 0 aliphatic rings. The molecule has 1 heterocycles. The standard InChI is InChI=1S/C6H10N2S/c1-4(2)5-3-7-6(9)8-5/h3-4H,1-2H3,(H2,7,8,9). The Morgan fingerprint density at radius 1 is 1.56 bits per heavy atom. The normalized spacial score (nSPS) is 10.6. The molecule has 0 aliphatic carbocycles. The molecule has 9 heavy (non-hydrogen) atoms. The Morgan fingerprint density at radius 3 is 2.44 bits per heavy atom. The van der Waals surface area contributed by atoms with Gasteiger partial charge in [0.05, 0.1) is 0 Å². The number of imidazole rings is 1. The molecule has 1 aromatic heterocycles. The van der Waals surface area contributed by atoms with Crippen molar-refractivity contribution in [3.63, 3.8) is 0 Å². The van der Waals surface area contributed by atoms with E-state index in [9.17, 15) is 0 Å². The van der Waals surface area contributed by atoms with E-state index in [1.165, 1.54) is 5.69 Å². The van der Waals surface area contributed by atoms with Gasteiger partial charge in [-0.05, 0) is 18.1 Å². The van der Waals surface area contributed by atoms with Gasteiger partial charge in [-0.25, -0.2) is 0 Å². The number of aromatic nitrogens is 2. The molecule has 2 nitrogen and oxygen atoms in total. The average molecular weight is 142 g/mol. The molecule has 1 aromatic rings. The zero-order chi connectivity index (χ0) is 6.85. The van der Waals surface area contributed by atoms with Crippen LogP contribution < -0.4 is 0 Å². The lowest BCUT2D eigenvalue weighted by molar-refractivity contribution is 0.831. The van der Waals surface area contributed by atoms with Crippen LogP contribution in [0.5, 0.6) is 0 Å². The lowest BCUT2D eigenvalue weighted by Crippen LogP contribution is -1.84. The van der Waals surface area contributed by atoms with Crippen LogP contribution in [0.4, 0.5) is 0 Å². The third-order valence-corrected chi connectivity index (χ3v) is 1.46. The zero-order valence-electron chi connectivity index (χ0n) is 5.56. The first-order chi connectivity index (χ1) is 4.20. The van der Waals surface area contributed by atoms with Gasteiger partial charge in [-0.2, -0.15) is 0 Å². The average Bonchev–Trinajstić information content (AvgIpc) is 2.14. The van der Waals surface area contributed by atoms with Crippen molar-refractivity contribution in [2.75, 3.05) is 0 Å². The summed E-state index contributed by atoms with van der Waals surface area (Å²) in [4.78, 5) is 5.94. The molecule has 0 saturated carbocycles. The quantitative estimate of drug-likeness (QED) is 0.579. The topological polar surface area (TPSA) is 31.6 Å². The Labute approximate surface area is 59.3 Å². The van der Waals surface area contributed by atoms with E-state index in [2.05, 4.69) is 23.8 Å². The summed E-state index contributed by atoms with van der Waals surface area (Å²) in [7, 11) is 0. The summed E-state index contributed by atoms with van der Waals surface area (Å²) in [6.07, 6.45) is 1.91. The highest BCUT2D eigenvalue weighted by atomic mass is 32.1. The maximum Gasteiger partial charge on any atom is 0.174 e. The summed E-state index contributed by atoms with van der Waals surface area (Å²) in [5, 5.41) is 0. The van der Waals surface area contributed by atoms with Gasteiger partial charge in [0.25, 0.3) is 0 Å². The van der Waals surface area contributed by atoms with Crippen molar-refractivity contribution in [1.29, 1.82) is 0 Å². The number of rotatable bonds is 1. The largest absolute Gasteiger partial charge is 0.337 e. The molecule has 3 heteroatoms. The smallest absolute Gasteiger partial charge is 0.174 e. The molecule has 0 saturated heterocycles. The Balaban J connectivity index is 2.98. The van der Waals surface area contributed by atoms with Gasteiger partial charge in [0.1, 0.15) is 0 Å². The summed E-state index contributed by atoms with van der Waals surface area (Å²) in [6, 6.07) is 0. The van der Waals surface area contributed by atoms with Crippen molar-refractivity contribution >= 4 is 12.2 Å². The second-order valence-corrected chi connectivity index (χ2v) is 2.76. The number of H-pyrrole nitrogens is 2. The zero-order valence-corrected chi connectivity index (χ0v) is 6.38. The van der Waals surface area contributed by atoms with E-state index in [0.29, 0.717) is 10.7 Å². The molecule has 0 aromatic carbocycles. The fourth-order valence-electron chi connectivity index (χ4n) is 0.658. The first-order valence-corrected chi connectivity index (χ1v) is 3.38. The molecule has 0 spiro atoms. The van der Waals surface area contributed by atoms with Gasteiger partial charge in [-0.1, -0.05) is 13.8 Å². The summed E-state index contributed by atoms with van der Waals surface area (Å²) in [5.41, 5.74) is 1.17. The monoisotopic (exact) mass is 142 g/mol. The summed E-state index contributed by atoms with van der Waals surface area (Å²) < 4.78 is 0.707. The molecule has 0 fully saturated rings. The number of nitrogens with one attached hydrogen (secondary N) is 2. The minimum absolute atomic E-state index is 0.526. The highest BCUT2D eigenvalue weighted by Gasteiger charge is 1.97. The number of hydrogen-bond acceptors (Lipinski definition) is 1. The lowest BCUT2D eigenvalue weighted by Gasteiger charge is -1.95. The third-order valence-electron chi connectivity index (χ3n) is 1.24. The molecular weight excluding hydrogens is 132 g/mol. The van der Waals surface area contributed by atoms with E-state index in [4.69, 9.17) is 12.2 Å². The van der Waals surface area contributed by atoms with Gasteiger partial charge < -0.3 is 9.97 Å². The molecule has 1 rings (SSSR count). The molecule has 0 bridgehead atoms. The highest BCUT2D eigenvalue weighted by molar-refractivity contribution is 7.71. The fourth-order valence-corrected chi connectivity index (χ4v) is 0.834. The Morgan fingerprint density at radius 2 is 2.22 bits per heavy atom. The van der Waals surface area contributed by atoms with Gasteiger partial charge in [0.15, 0.2) is 4.77 Å². The summed E-state index contributed by atoms with van der Waals surface area (Å²) in [6.45, 7) is 4.24. The van der Waals surface area contributed by atoms with Crippen LogP contribution in [0.3, 0.4) is 0 Å². The van der Waals surface area contributed by atoms with Crippen molar-refractivity contribution in [3.05, 3.63) is 16.7 Å². The van der Waals surface area contributed by atoms with Crippen molar-refractivity contribution in [3.8, 4) is 0 Å². The molecule has 0 aliphatic heterocycles. The molecule has 2 N–H and O–H groups in total. The third kappa shape index (κ3) is 1.42. The molecule has 0 radical (unpaired) electrons. The molecule has 0 amide bonds. The van der Waals surface area contributed by atoms with Gasteiger partial charge in [0, 0.05) is 11.9 Å². The Hall–Kier alpha value is -0.570. The van der Waals surface area contributed by atoms with Crippen LogP contribution in [0, 0.1) is 4.77 Å². The second kappa shape index (κ2) is 2.35. The van der Waals surface area contributed by atoms with Crippen molar-refractivity contribution < 1.29 is 0 Å². The van der Waals surface area contributed by atoms with Gasteiger partial charge >= 0.3 is 0 Å². The first-order valence-electron chi connectivity index (χ1n) is 2.97. The maximum absolute atomic E-state index is 4.84. The van der Waals surface area contributed by atoms with Crippen LogP contribution in [0.15, 0.2) is 6.20 Å². The number of hydrogen-bond donors (Lipinski definition) is 2. The second-order valence-electron chi connectivity index (χ2n) is 2.35. The van der Waals surface area contributed by atoms with E-state index in [-0.39, 0.29) is 0 Å². The van der Waals surface area contributed by atoms with Crippen LogP contribution in [0.2, 0.25) is 0 Å². The molecule has 50 valence electrons. The van der Waals surface area contributed by atoms with Crippen LogP contribution in [-0.2, 0) is 0 Å². The molecule has 0 unspecified atom stereocenters. The summed E-state index contributed by atoms with van der Waals surface area (Å²) >= 11 is 4.84. The minimum atomic E-state index is 0.526. The van der Waals surface area contributed by atoms with Crippen molar-refractivity contribution in [1.82, 2.24) is 9.97 Å².